The quantitative estimate of drug-likeness (QED) is 0.211. The predicted molar refractivity (Wildman–Crippen MR) is 87.7 cm³/mol. The molecule has 5 rings (SSSR count). The molecular formula is C20H12Ir. The molecule has 0 aliphatic rings. The molecule has 21 heavy (non-hydrogen) atoms. The number of hydrogen-bond acceptors (Lipinski definition) is 0. The molecule has 0 aliphatic heterocycles. The summed E-state index contributed by atoms with van der Waals surface area (Å²) in [5, 5.41) is 10.9. The molecule has 0 atom stereocenters. The molecule has 0 nitrogen and oxygen atoms in total. The average Bonchev–Trinajstić information content (AvgIpc) is 2.52. The van der Waals surface area contributed by atoms with Gasteiger partial charge in [0, 0.05) is 20.1 Å². The van der Waals surface area contributed by atoms with Crippen LogP contribution >= 0.6 is 0 Å². The maximum atomic E-state index is 2.25. The molecule has 0 saturated carbocycles. The summed E-state index contributed by atoms with van der Waals surface area (Å²) in [6, 6.07) is 26.4. The predicted octanol–water partition coefficient (Wildman–Crippen LogP) is 5.73. The molecule has 0 amide bonds. The molecule has 0 saturated heterocycles. The fourth-order valence-corrected chi connectivity index (χ4v) is 3.58. The Morgan fingerprint density at radius 3 is 0.952 bits per heavy atom. The largest absolute Gasteiger partial charge is 0.0610 e. The van der Waals surface area contributed by atoms with Crippen LogP contribution in [0.2, 0.25) is 0 Å². The Balaban J connectivity index is 0.00000115. The molecule has 0 N–H and O–H groups in total. The molecule has 0 aliphatic carbocycles. The molecule has 0 heterocycles. The van der Waals surface area contributed by atoms with Gasteiger partial charge in [-0.3, -0.25) is 0 Å². The Bertz CT molecular complexity index is 923. The van der Waals surface area contributed by atoms with Crippen molar-refractivity contribution in [3.05, 3.63) is 72.8 Å². The van der Waals surface area contributed by atoms with Gasteiger partial charge < -0.3 is 0 Å². The van der Waals surface area contributed by atoms with E-state index in [2.05, 4.69) is 72.8 Å². The molecule has 1 radical (unpaired) electrons. The van der Waals surface area contributed by atoms with Gasteiger partial charge in [0.05, 0.1) is 0 Å². The summed E-state index contributed by atoms with van der Waals surface area (Å²) in [5.41, 5.74) is 0. The van der Waals surface area contributed by atoms with E-state index in [0.29, 0.717) is 0 Å². The van der Waals surface area contributed by atoms with Crippen LogP contribution < -0.4 is 0 Å². The minimum Gasteiger partial charge on any atom is -0.0610 e. The van der Waals surface area contributed by atoms with Crippen LogP contribution in [-0.2, 0) is 20.1 Å². The van der Waals surface area contributed by atoms with Gasteiger partial charge in [-0.05, 0) is 43.1 Å². The Hall–Kier alpha value is -1.95. The zero-order valence-corrected chi connectivity index (χ0v) is 13.7. The Morgan fingerprint density at radius 2 is 0.667 bits per heavy atom. The second kappa shape index (κ2) is 4.53. The van der Waals surface area contributed by atoms with E-state index >= 15 is 0 Å². The summed E-state index contributed by atoms with van der Waals surface area (Å²) in [6.07, 6.45) is 0. The van der Waals surface area contributed by atoms with Crippen LogP contribution in [0.4, 0.5) is 0 Å². The molecule has 0 unspecified atom stereocenters. The fraction of sp³-hybridized carbons (Fsp3) is 0. The van der Waals surface area contributed by atoms with E-state index in [1.807, 2.05) is 0 Å². The van der Waals surface area contributed by atoms with Gasteiger partial charge in [-0.2, -0.15) is 0 Å². The van der Waals surface area contributed by atoms with Crippen LogP contribution in [-0.4, -0.2) is 0 Å². The van der Waals surface area contributed by atoms with Crippen LogP contribution in [0.1, 0.15) is 0 Å². The normalized spacial score (nSPS) is 11.4. The second-order valence-corrected chi connectivity index (χ2v) is 5.42. The fourth-order valence-electron chi connectivity index (χ4n) is 3.58. The minimum absolute atomic E-state index is 0. The van der Waals surface area contributed by atoms with E-state index in [1.54, 1.807) is 0 Å². The third-order valence-corrected chi connectivity index (χ3v) is 4.39. The van der Waals surface area contributed by atoms with Crippen LogP contribution in [0.15, 0.2) is 72.8 Å². The van der Waals surface area contributed by atoms with Crippen molar-refractivity contribution >= 4 is 43.1 Å². The van der Waals surface area contributed by atoms with Gasteiger partial charge in [-0.25, -0.2) is 0 Å². The van der Waals surface area contributed by atoms with E-state index in [-0.39, 0.29) is 20.1 Å². The van der Waals surface area contributed by atoms with Crippen molar-refractivity contribution in [3.63, 3.8) is 0 Å². The zero-order valence-electron chi connectivity index (χ0n) is 11.3. The first-order valence-corrected chi connectivity index (χ1v) is 6.98. The van der Waals surface area contributed by atoms with Crippen molar-refractivity contribution in [3.8, 4) is 0 Å². The number of benzene rings is 5. The molecular weight excluding hydrogens is 432 g/mol. The van der Waals surface area contributed by atoms with E-state index in [4.69, 9.17) is 0 Å². The molecule has 0 bridgehead atoms. The van der Waals surface area contributed by atoms with Gasteiger partial charge in [-0.15, -0.1) is 0 Å². The molecule has 1 heteroatoms. The Morgan fingerprint density at radius 1 is 0.381 bits per heavy atom. The summed E-state index contributed by atoms with van der Waals surface area (Å²) < 4.78 is 0. The van der Waals surface area contributed by atoms with Crippen LogP contribution in [0.3, 0.4) is 0 Å². The van der Waals surface area contributed by atoms with Crippen molar-refractivity contribution in [2.45, 2.75) is 0 Å². The summed E-state index contributed by atoms with van der Waals surface area (Å²) in [4.78, 5) is 0. The molecule has 5 aromatic carbocycles. The SMILES string of the molecule is [Ir].c1cc2cccc3c4cccc5cccc(c(c1)c23)c54. The van der Waals surface area contributed by atoms with E-state index in [0.717, 1.165) is 0 Å². The second-order valence-electron chi connectivity index (χ2n) is 5.42. The summed E-state index contributed by atoms with van der Waals surface area (Å²) in [7, 11) is 0. The summed E-state index contributed by atoms with van der Waals surface area (Å²) in [6.45, 7) is 0. The van der Waals surface area contributed by atoms with Gasteiger partial charge in [0.25, 0.3) is 0 Å². The van der Waals surface area contributed by atoms with Crippen molar-refractivity contribution in [1.82, 2.24) is 0 Å². The smallest absolute Gasteiger partial charge is 0 e. The topological polar surface area (TPSA) is 0 Å². The minimum atomic E-state index is 0. The van der Waals surface area contributed by atoms with E-state index < -0.39 is 0 Å². The first-order valence-electron chi connectivity index (χ1n) is 6.98. The maximum absolute atomic E-state index is 2.25. The van der Waals surface area contributed by atoms with Gasteiger partial charge in [0.1, 0.15) is 0 Å². The average molecular weight is 445 g/mol. The van der Waals surface area contributed by atoms with E-state index in [9.17, 15) is 0 Å². The van der Waals surface area contributed by atoms with Gasteiger partial charge in [0.2, 0.25) is 0 Å². The Kier molecular flexibility index (Phi) is 2.75. The van der Waals surface area contributed by atoms with E-state index in [1.165, 1.54) is 43.1 Å². The zero-order chi connectivity index (χ0) is 13.1. The number of fused-ring (bicyclic) bond motifs is 2. The van der Waals surface area contributed by atoms with Crippen LogP contribution in [0.25, 0.3) is 43.1 Å². The van der Waals surface area contributed by atoms with Crippen molar-refractivity contribution in [1.29, 1.82) is 0 Å². The van der Waals surface area contributed by atoms with Crippen molar-refractivity contribution < 1.29 is 20.1 Å². The third kappa shape index (κ3) is 1.59. The molecule has 0 fully saturated rings. The molecule has 5 aromatic rings. The first-order chi connectivity index (χ1) is 9.93. The maximum Gasteiger partial charge on any atom is 0 e. The van der Waals surface area contributed by atoms with Crippen LogP contribution in [0, 0.1) is 0 Å². The molecule has 101 valence electrons. The van der Waals surface area contributed by atoms with Crippen molar-refractivity contribution in [2.24, 2.45) is 0 Å². The van der Waals surface area contributed by atoms with Gasteiger partial charge in [0.15, 0.2) is 0 Å². The summed E-state index contributed by atoms with van der Waals surface area (Å²) in [5.74, 6) is 0. The van der Waals surface area contributed by atoms with Gasteiger partial charge >= 0.3 is 0 Å². The van der Waals surface area contributed by atoms with Crippen LogP contribution in [0.5, 0.6) is 0 Å². The Labute approximate surface area is 136 Å². The molecule has 0 aromatic heterocycles. The number of rotatable bonds is 0. The third-order valence-electron chi connectivity index (χ3n) is 4.39. The van der Waals surface area contributed by atoms with Crippen molar-refractivity contribution in [2.75, 3.05) is 0 Å². The first kappa shape index (κ1) is 12.8. The summed E-state index contributed by atoms with van der Waals surface area (Å²) >= 11 is 0. The molecule has 0 spiro atoms. The monoisotopic (exact) mass is 445 g/mol. The number of hydrogen-bond donors (Lipinski definition) is 0. The standard InChI is InChI=1S/C20H12.Ir/c1-5-13-6-2-11-17-18-12-4-8-14-7-3-10-16(20(14)18)15(9-1)19(13)17;/h1-12H;. The van der Waals surface area contributed by atoms with Gasteiger partial charge in [-0.1, -0.05) is 72.8 Å².